The number of phenols is 1. The van der Waals surface area contributed by atoms with Crippen LogP contribution in [0.2, 0.25) is 0 Å². The maximum absolute atomic E-state index is 12.4. The lowest BCUT2D eigenvalue weighted by Crippen LogP contribution is -2.70. The van der Waals surface area contributed by atoms with E-state index in [2.05, 4.69) is 194 Å². The van der Waals surface area contributed by atoms with Crippen LogP contribution in [0.25, 0.3) is 55.8 Å². The smallest absolute Gasteiger partial charge is 0.507 e. The molecule has 1 aliphatic rings. The lowest BCUT2D eigenvalue weighted by atomic mass is 9.62. The molecule has 0 atom stereocenters. The van der Waals surface area contributed by atoms with Crippen LogP contribution in [0.4, 0.5) is 5.69 Å². The second kappa shape index (κ2) is 13.5. The first-order chi connectivity index (χ1) is 26.5. The third-order valence-corrected chi connectivity index (χ3v) is 11.3. The van der Waals surface area contributed by atoms with E-state index in [9.17, 15) is 5.11 Å². The van der Waals surface area contributed by atoms with Gasteiger partial charge in [-0.2, -0.15) is 0 Å². The molecule has 5 nitrogen and oxygen atoms in total. The standard InChI is InChI=1S/C50H51BN4O/c1-48(2,3)37-27-35(26-36(28-37)42-29-33(24-25-52-42)32-18-13-11-14-19-32)39-23-17-20-34-31-55-47(53-44(34)39)43-45(54(10)51(55)38-21-15-12-16-22-38)40(49(4,5)6)30-41(46(43)56)50(7,8)9/h11-31H,1-10H3/p+1. The van der Waals surface area contributed by atoms with Crippen molar-refractivity contribution >= 4 is 29.0 Å². The molecule has 0 radical (unpaired) electrons. The first-order valence-corrected chi connectivity index (χ1v) is 19.7. The van der Waals surface area contributed by atoms with Crippen molar-refractivity contribution in [1.29, 1.82) is 0 Å². The molecule has 0 spiro atoms. The number of anilines is 1. The Kier molecular flexibility index (Phi) is 8.95. The molecule has 2 aromatic heterocycles. The molecule has 6 heteroatoms. The van der Waals surface area contributed by atoms with Gasteiger partial charge in [-0.05, 0) is 104 Å². The van der Waals surface area contributed by atoms with Crippen LogP contribution in [0.1, 0.15) is 79.0 Å². The van der Waals surface area contributed by atoms with Crippen molar-refractivity contribution in [2.24, 2.45) is 0 Å². The SMILES string of the molecule is CN1B(c2ccccc2)[n+]2cc3cccc(-c4cc(-c5cc(-c6ccccc6)ccn5)cc(C(C)(C)C)c4)c3nc2-c2c(O)c(C(C)(C)C)cc(C(C)(C)C)c21. The first kappa shape index (κ1) is 37.2. The molecule has 5 aromatic carbocycles. The van der Waals surface area contributed by atoms with Gasteiger partial charge in [-0.25, -0.2) is 0 Å². The van der Waals surface area contributed by atoms with Crippen LogP contribution in [0.5, 0.6) is 5.75 Å². The highest BCUT2D eigenvalue weighted by Gasteiger charge is 2.47. The summed E-state index contributed by atoms with van der Waals surface area (Å²) in [6.45, 7) is 19.9. The van der Waals surface area contributed by atoms with Gasteiger partial charge in [-0.1, -0.05) is 135 Å². The molecular formula is C50H52BN4O+. The maximum Gasteiger partial charge on any atom is 0.537 e. The number of phenolic OH excluding ortho intramolecular Hbond substituents is 1. The Balaban J connectivity index is 1.42. The van der Waals surface area contributed by atoms with Gasteiger partial charge in [-0.3, -0.25) is 9.46 Å². The highest BCUT2D eigenvalue weighted by atomic mass is 16.3. The van der Waals surface area contributed by atoms with Crippen molar-refractivity contribution in [1.82, 2.24) is 9.97 Å². The fourth-order valence-corrected chi connectivity index (χ4v) is 8.23. The minimum atomic E-state index is -0.295. The Labute approximate surface area is 332 Å². The molecule has 0 fully saturated rings. The van der Waals surface area contributed by atoms with Crippen molar-refractivity contribution in [2.45, 2.75) is 78.6 Å². The predicted octanol–water partition coefficient (Wildman–Crippen LogP) is 10.9. The average molecular weight is 736 g/mol. The largest absolute Gasteiger partial charge is 0.537 e. The predicted molar refractivity (Wildman–Crippen MR) is 235 cm³/mol. The van der Waals surface area contributed by atoms with Crippen LogP contribution < -0.4 is 14.8 Å². The molecule has 0 unspecified atom stereocenters. The van der Waals surface area contributed by atoms with E-state index in [-0.39, 0.29) is 23.2 Å². The van der Waals surface area contributed by atoms with Crippen molar-refractivity contribution in [3.05, 3.63) is 144 Å². The normalized spacial score (nSPS) is 13.2. The Morgan fingerprint density at radius 3 is 1.95 bits per heavy atom. The average Bonchev–Trinajstić information content (AvgIpc) is 3.16. The third-order valence-electron chi connectivity index (χ3n) is 11.3. The van der Waals surface area contributed by atoms with Crippen LogP contribution in [0, 0.1) is 0 Å². The van der Waals surface area contributed by atoms with Gasteiger partial charge in [0.1, 0.15) is 11.3 Å². The van der Waals surface area contributed by atoms with Crippen LogP contribution in [0.15, 0.2) is 128 Å². The van der Waals surface area contributed by atoms with E-state index in [4.69, 9.17) is 9.97 Å². The molecule has 280 valence electrons. The van der Waals surface area contributed by atoms with Gasteiger partial charge in [0.05, 0.1) is 23.0 Å². The summed E-state index contributed by atoms with van der Waals surface area (Å²) in [4.78, 5) is 12.9. The van der Waals surface area contributed by atoms with Crippen molar-refractivity contribution < 1.29 is 9.58 Å². The number of hydrogen-bond donors (Lipinski definition) is 1. The Bertz CT molecular complexity index is 2620. The second-order valence-corrected chi connectivity index (χ2v) is 18.5. The highest BCUT2D eigenvalue weighted by molar-refractivity contribution is 6.70. The molecule has 56 heavy (non-hydrogen) atoms. The summed E-state index contributed by atoms with van der Waals surface area (Å²) < 4.78 is 2.26. The fourth-order valence-electron chi connectivity index (χ4n) is 8.23. The monoisotopic (exact) mass is 735 g/mol. The van der Waals surface area contributed by atoms with Gasteiger partial charge in [0.25, 0.3) is 0 Å². The molecule has 0 aliphatic carbocycles. The zero-order chi connectivity index (χ0) is 39.7. The maximum atomic E-state index is 12.4. The van der Waals surface area contributed by atoms with E-state index in [1.807, 2.05) is 12.3 Å². The topological polar surface area (TPSA) is 53.1 Å². The van der Waals surface area contributed by atoms with Crippen LogP contribution >= 0.6 is 0 Å². The molecule has 1 aliphatic heterocycles. The summed E-state index contributed by atoms with van der Waals surface area (Å²) in [6, 6.07) is 40.9. The van der Waals surface area contributed by atoms with Crippen molar-refractivity contribution in [2.75, 3.05) is 11.9 Å². The van der Waals surface area contributed by atoms with Crippen molar-refractivity contribution in [3.8, 4) is 50.6 Å². The fraction of sp³-hybridized carbons (Fsp3) is 0.260. The molecule has 0 saturated carbocycles. The minimum absolute atomic E-state index is 0.111. The van der Waals surface area contributed by atoms with E-state index in [1.54, 1.807) is 0 Å². The minimum Gasteiger partial charge on any atom is -0.507 e. The molecule has 0 amide bonds. The number of rotatable bonds is 4. The summed E-state index contributed by atoms with van der Waals surface area (Å²) in [6.07, 6.45) is 4.14. The zero-order valence-corrected chi connectivity index (χ0v) is 34.4. The second-order valence-electron chi connectivity index (χ2n) is 18.5. The van der Waals surface area contributed by atoms with E-state index in [1.165, 1.54) is 11.1 Å². The van der Waals surface area contributed by atoms with Gasteiger partial charge in [0, 0.05) is 22.9 Å². The number of pyridine rings is 1. The molecule has 0 saturated heterocycles. The summed E-state index contributed by atoms with van der Waals surface area (Å²) in [5.74, 6) is 1.05. The summed E-state index contributed by atoms with van der Waals surface area (Å²) >= 11 is 0. The molecule has 7 aromatic rings. The lowest BCUT2D eigenvalue weighted by molar-refractivity contribution is -0.526. The van der Waals surface area contributed by atoms with Gasteiger partial charge in [0.2, 0.25) is 0 Å². The van der Waals surface area contributed by atoms with E-state index < -0.39 is 0 Å². The van der Waals surface area contributed by atoms with Crippen LogP contribution in [-0.4, -0.2) is 29.1 Å². The molecule has 1 N–H and O–H groups in total. The van der Waals surface area contributed by atoms with Gasteiger partial charge in [-0.15, -0.1) is 0 Å². The highest BCUT2D eigenvalue weighted by Crippen LogP contribution is 2.50. The molecule has 3 heterocycles. The molecule has 0 bridgehead atoms. The van der Waals surface area contributed by atoms with Crippen LogP contribution in [-0.2, 0) is 16.2 Å². The Morgan fingerprint density at radius 2 is 1.29 bits per heavy atom. The zero-order valence-electron chi connectivity index (χ0n) is 34.4. The van der Waals surface area contributed by atoms with Crippen LogP contribution in [0.3, 0.4) is 0 Å². The summed E-state index contributed by atoms with van der Waals surface area (Å²) in [7, 11) is 2.15. The van der Waals surface area contributed by atoms with Gasteiger partial charge >= 0.3 is 12.8 Å². The first-order valence-electron chi connectivity index (χ1n) is 19.7. The number of fused-ring (bicyclic) bond motifs is 4. The molecule has 8 rings (SSSR count). The number of hydrogen-bond acceptors (Lipinski definition) is 4. The Morgan fingerprint density at radius 1 is 0.625 bits per heavy atom. The summed E-state index contributed by atoms with van der Waals surface area (Å²) in [5.41, 5.74) is 13.0. The van der Waals surface area contributed by atoms with E-state index in [0.29, 0.717) is 5.75 Å². The van der Waals surface area contributed by atoms with E-state index >= 15 is 0 Å². The third kappa shape index (κ3) is 6.55. The van der Waals surface area contributed by atoms with Gasteiger partial charge in [0.15, 0.2) is 5.52 Å². The number of aromatic nitrogens is 3. The molecular weight excluding hydrogens is 683 g/mol. The van der Waals surface area contributed by atoms with E-state index in [0.717, 1.165) is 72.5 Å². The van der Waals surface area contributed by atoms with Gasteiger partial charge < -0.3 is 9.92 Å². The lowest BCUT2D eigenvalue weighted by Gasteiger charge is -2.38. The Hall–Kier alpha value is -5.75. The quantitative estimate of drug-likeness (QED) is 0.183. The number of benzene rings is 5. The number of aromatic hydroxyl groups is 1. The summed E-state index contributed by atoms with van der Waals surface area (Å²) in [5, 5.41) is 13.5. The number of nitrogens with zero attached hydrogens (tertiary/aromatic N) is 4. The van der Waals surface area contributed by atoms with Crippen molar-refractivity contribution in [3.63, 3.8) is 0 Å². The number of para-hydroxylation sites is 1.